The van der Waals surface area contributed by atoms with Crippen molar-refractivity contribution in [1.29, 1.82) is 0 Å². The number of aromatic nitrogens is 2. The van der Waals surface area contributed by atoms with Gasteiger partial charge in [0.2, 0.25) is 4.47 Å². The lowest BCUT2D eigenvalue weighted by atomic mass is 10.2. The molecule has 2 aromatic rings. The molecular weight excluding hydrogens is 261 g/mol. The van der Waals surface area contributed by atoms with Crippen LogP contribution in [0.3, 0.4) is 0 Å². The molecule has 1 aromatic heterocycles. The molecule has 0 saturated heterocycles. The van der Waals surface area contributed by atoms with Gasteiger partial charge in [-0.3, -0.25) is 0 Å². The third kappa shape index (κ3) is 2.92. The Morgan fingerprint density at radius 1 is 1.35 bits per heavy atom. The van der Waals surface area contributed by atoms with Crippen molar-refractivity contribution >= 4 is 28.6 Å². The Morgan fingerprint density at radius 2 is 2.12 bits per heavy atom. The molecule has 0 unspecified atom stereocenters. The number of para-hydroxylation sites is 1. The van der Waals surface area contributed by atoms with Crippen molar-refractivity contribution < 1.29 is 4.39 Å². The quantitative estimate of drug-likeness (QED) is 0.854. The van der Waals surface area contributed by atoms with E-state index in [4.69, 9.17) is 11.6 Å². The molecule has 0 bridgehead atoms. The maximum absolute atomic E-state index is 13.6. The van der Waals surface area contributed by atoms with Gasteiger partial charge in [0, 0.05) is 6.54 Å². The Kier molecular flexibility index (Phi) is 3.91. The lowest BCUT2D eigenvalue weighted by Crippen LogP contribution is -2.22. The molecule has 0 N–H and O–H groups in total. The summed E-state index contributed by atoms with van der Waals surface area (Å²) in [5.41, 5.74) is 0.571. The fourth-order valence-corrected chi connectivity index (χ4v) is 2.42. The third-order valence-corrected chi connectivity index (χ3v) is 3.35. The lowest BCUT2D eigenvalue weighted by Gasteiger charge is -2.21. The number of rotatable bonds is 4. The molecule has 0 fully saturated rings. The molecule has 0 spiro atoms. The summed E-state index contributed by atoms with van der Waals surface area (Å²) in [6.07, 6.45) is 0. The van der Waals surface area contributed by atoms with Gasteiger partial charge in [0.05, 0.1) is 12.2 Å². The summed E-state index contributed by atoms with van der Waals surface area (Å²) in [5.74, 6) is -0.232. The molecule has 0 aliphatic heterocycles. The van der Waals surface area contributed by atoms with Crippen LogP contribution in [0.4, 0.5) is 10.1 Å². The molecular formula is C11H11ClFN3S. The zero-order valence-electron chi connectivity index (χ0n) is 9.23. The van der Waals surface area contributed by atoms with E-state index in [0.717, 1.165) is 5.01 Å². The summed E-state index contributed by atoms with van der Waals surface area (Å²) in [4.78, 5) is 1.90. The Bertz CT molecular complexity index is 503. The number of hydrogen-bond donors (Lipinski definition) is 0. The molecule has 1 aromatic carbocycles. The maximum atomic E-state index is 13.6. The number of halogens is 2. The number of benzene rings is 1. The van der Waals surface area contributed by atoms with Crippen LogP contribution < -0.4 is 4.90 Å². The summed E-state index contributed by atoms with van der Waals surface area (Å²) in [5, 5.41) is 8.44. The van der Waals surface area contributed by atoms with Crippen molar-refractivity contribution in [1.82, 2.24) is 10.2 Å². The number of nitrogens with zero attached hydrogens (tertiary/aromatic N) is 3. The van der Waals surface area contributed by atoms with E-state index >= 15 is 0 Å². The van der Waals surface area contributed by atoms with Crippen molar-refractivity contribution in [2.45, 2.75) is 13.5 Å². The number of hydrogen-bond acceptors (Lipinski definition) is 4. The van der Waals surface area contributed by atoms with Gasteiger partial charge in [-0.05, 0) is 30.7 Å². The minimum atomic E-state index is -0.232. The smallest absolute Gasteiger partial charge is 0.207 e. The van der Waals surface area contributed by atoms with Crippen LogP contribution in [0.2, 0.25) is 4.47 Å². The molecule has 3 nitrogen and oxygen atoms in total. The van der Waals surface area contributed by atoms with Crippen molar-refractivity contribution in [3.8, 4) is 0 Å². The Hall–Kier alpha value is -1.20. The van der Waals surface area contributed by atoms with Crippen LogP contribution in [-0.2, 0) is 6.54 Å². The highest BCUT2D eigenvalue weighted by molar-refractivity contribution is 7.15. The molecule has 0 radical (unpaired) electrons. The third-order valence-electron chi connectivity index (χ3n) is 2.34. The average Bonchev–Trinajstić information content (AvgIpc) is 2.73. The second kappa shape index (κ2) is 5.42. The molecule has 1 heterocycles. The van der Waals surface area contributed by atoms with E-state index in [1.54, 1.807) is 12.1 Å². The monoisotopic (exact) mass is 271 g/mol. The zero-order valence-corrected chi connectivity index (χ0v) is 10.8. The topological polar surface area (TPSA) is 29.0 Å². The first kappa shape index (κ1) is 12.3. The van der Waals surface area contributed by atoms with E-state index in [9.17, 15) is 4.39 Å². The summed E-state index contributed by atoms with van der Waals surface area (Å²) in [6.45, 7) is 3.18. The van der Waals surface area contributed by atoms with Gasteiger partial charge in [-0.15, -0.1) is 10.2 Å². The van der Waals surface area contributed by atoms with E-state index in [0.29, 0.717) is 23.2 Å². The molecule has 17 heavy (non-hydrogen) atoms. The highest BCUT2D eigenvalue weighted by atomic mass is 35.5. The van der Waals surface area contributed by atoms with E-state index in [2.05, 4.69) is 10.2 Å². The fourth-order valence-electron chi connectivity index (χ4n) is 1.54. The Balaban J connectivity index is 2.20. The standard InChI is InChI=1S/C11H11ClFN3S/c1-2-16(7-10-14-15-11(12)17-10)9-6-4-3-5-8(9)13/h3-6H,2,7H2,1H3. The van der Waals surface area contributed by atoms with Gasteiger partial charge in [0.1, 0.15) is 10.8 Å². The zero-order chi connectivity index (χ0) is 12.3. The van der Waals surface area contributed by atoms with Crippen LogP contribution in [0.15, 0.2) is 24.3 Å². The second-order valence-corrected chi connectivity index (χ2v) is 5.06. The highest BCUT2D eigenvalue weighted by Crippen LogP contribution is 2.23. The van der Waals surface area contributed by atoms with Gasteiger partial charge in [-0.25, -0.2) is 4.39 Å². The summed E-state index contributed by atoms with van der Waals surface area (Å²) < 4.78 is 14.0. The van der Waals surface area contributed by atoms with Gasteiger partial charge in [0.25, 0.3) is 0 Å². The normalized spacial score (nSPS) is 10.5. The minimum absolute atomic E-state index is 0.232. The molecule has 0 aliphatic carbocycles. The summed E-state index contributed by atoms with van der Waals surface area (Å²) >= 11 is 7.03. The first-order chi connectivity index (χ1) is 8.20. The van der Waals surface area contributed by atoms with E-state index in [1.807, 2.05) is 17.9 Å². The molecule has 6 heteroatoms. The average molecular weight is 272 g/mol. The van der Waals surface area contributed by atoms with Gasteiger partial charge in [0.15, 0.2) is 0 Å². The molecule has 90 valence electrons. The predicted molar refractivity (Wildman–Crippen MR) is 68.0 cm³/mol. The maximum Gasteiger partial charge on any atom is 0.207 e. The highest BCUT2D eigenvalue weighted by Gasteiger charge is 2.12. The van der Waals surface area contributed by atoms with Crippen LogP contribution in [0.1, 0.15) is 11.9 Å². The van der Waals surface area contributed by atoms with E-state index in [1.165, 1.54) is 17.4 Å². The van der Waals surface area contributed by atoms with Crippen molar-refractivity contribution in [3.05, 3.63) is 39.6 Å². The van der Waals surface area contributed by atoms with Crippen molar-refractivity contribution in [3.63, 3.8) is 0 Å². The Morgan fingerprint density at radius 3 is 2.71 bits per heavy atom. The van der Waals surface area contributed by atoms with Crippen molar-refractivity contribution in [2.75, 3.05) is 11.4 Å². The molecule has 0 aliphatic rings. The SMILES string of the molecule is CCN(Cc1nnc(Cl)s1)c1ccccc1F. The lowest BCUT2D eigenvalue weighted by molar-refractivity contribution is 0.617. The predicted octanol–water partition coefficient (Wildman–Crippen LogP) is 3.36. The van der Waals surface area contributed by atoms with Gasteiger partial charge >= 0.3 is 0 Å². The fraction of sp³-hybridized carbons (Fsp3) is 0.273. The first-order valence-corrected chi connectivity index (χ1v) is 6.37. The van der Waals surface area contributed by atoms with Crippen molar-refractivity contribution in [2.24, 2.45) is 0 Å². The van der Waals surface area contributed by atoms with Gasteiger partial charge in [-0.2, -0.15) is 0 Å². The minimum Gasteiger partial charge on any atom is -0.363 e. The molecule has 2 rings (SSSR count). The van der Waals surface area contributed by atoms with Gasteiger partial charge in [-0.1, -0.05) is 23.5 Å². The van der Waals surface area contributed by atoms with Gasteiger partial charge < -0.3 is 4.90 Å². The first-order valence-electron chi connectivity index (χ1n) is 5.18. The number of anilines is 1. The van der Waals surface area contributed by atoms with E-state index < -0.39 is 0 Å². The Labute approximate surface area is 108 Å². The molecule has 0 amide bonds. The summed E-state index contributed by atoms with van der Waals surface area (Å²) in [6, 6.07) is 6.69. The molecule has 0 atom stereocenters. The largest absolute Gasteiger partial charge is 0.363 e. The molecule has 0 saturated carbocycles. The van der Waals surface area contributed by atoms with Crippen LogP contribution in [0, 0.1) is 5.82 Å². The van der Waals surface area contributed by atoms with E-state index in [-0.39, 0.29) is 5.82 Å². The van der Waals surface area contributed by atoms with Crippen LogP contribution >= 0.6 is 22.9 Å². The second-order valence-electron chi connectivity index (χ2n) is 3.41. The van der Waals surface area contributed by atoms with Crippen LogP contribution in [0.25, 0.3) is 0 Å². The summed E-state index contributed by atoms with van der Waals surface area (Å²) in [7, 11) is 0. The van der Waals surface area contributed by atoms with Crippen LogP contribution in [-0.4, -0.2) is 16.7 Å². The van der Waals surface area contributed by atoms with Crippen LogP contribution in [0.5, 0.6) is 0 Å².